The lowest BCUT2D eigenvalue weighted by Gasteiger charge is -2.12. The molecule has 31 heavy (non-hydrogen) atoms. The Bertz CT molecular complexity index is 1210. The van der Waals surface area contributed by atoms with Crippen LogP contribution in [0.4, 0.5) is 10.1 Å². The van der Waals surface area contributed by atoms with Gasteiger partial charge in [-0.1, -0.05) is 29.8 Å². The Hall–Kier alpha value is -3.10. The number of carbonyl (C=O) groups is 1. The maximum atomic E-state index is 13.3. The van der Waals surface area contributed by atoms with Gasteiger partial charge in [-0.15, -0.1) is 0 Å². The predicted molar refractivity (Wildman–Crippen MR) is 116 cm³/mol. The zero-order valence-corrected chi connectivity index (χ0v) is 17.7. The molecule has 0 spiro atoms. The van der Waals surface area contributed by atoms with Crippen molar-refractivity contribution < 1.29 is 22.3 Å². The molecule has 0 radical (unpaired) electrons. The normalized spacial score (nSPS) is 15.1. The lowest BCUT2D eigenvalue weighted by Crippen LogP contribution is -2.34. The molecule has 0 aromatic heterocycles. The molecule has 0 aliphatic carbocycles. The minimum Gasteiger partial charge on any atom is -0.488 e. The number of ether oxygens (including phenoxy) is 1. The van der Waals surface area contributed by atoms with Gasteiger partial charge >= 0.3 is 0 Å². The van der Waals surface area contributed by atoms with Crippen LogP contribution in [-0.4, -0.2) is 27.0 Å². The smallest absolute Gasteiger partial charge is 0.261 e. The number of rotatable bonds is 6. The third-order valence-electron chi connectivity index (χ3n) is 4.80. The number of nitrogens with one attached hydrogen (secondary N) is 2. The molecule has 9 heteroatoms. The standard InChI is InChI=1S/C22H18ClFN2O4S/c23-19-12-18(9-10-20(19)24)31(28,29)26-16-7-5-14(6-8-16)22(27)25-13-17-11-15-3-1-2-4-21(15)30-17/h1-10,12,17,26H,11,13H2,(H,25,27). The fourth-order valence-electron chi connectivity index (χ4n) is 3.22. The van der Waals surface area contributed by atoms with Gasteiger partial charge in [-0.25, -0.2) is 12.8 Å². The third kappa shape index (κ3) is 4.81. The highest BCUT2D eigenvalue weighted by Gasteiger charge is 2.23. The Balaban J connectivity index is 1.35. The molecule has 1 aliphatic rings. The number of benzene rings is 3. The maximum Gasteiger partial charge on any atom is 0.261 e. The monoisotopic (exact) mass is 460 g/mol. The second kappa shape index (κ2) is 8.56. The van der Waals surface area contributed by atoms with Crippen LogP contribution in [0.15, 0.2) is 71.6 Å². The van der Waals surface area contributed by atoms with Gasteiger partial charge < -0.3 is 10.1 Å². The third-order valence-corrected chi connectivity index (χ3v) is 6.47. The van der Waals surface area contributed by atoms with E-state index in [0.717, 1.165) is 35.9 Å². The van der Waals surface area contributed by atoms with E-state index in [-0.39, 0.29) is 27.6 Å². The van der Waals surface area contributed by atoms with Crippen molar-refractivity contribution in [2.24, 2.45) is 0 Å². The number of hydrogen-bond donors (Lipinski definition) is 2. The first-order valence-corrected chi connectivity index (χ1v) is 11.3. The van der Waals surface area contributed by atoms with Gasteiger partial charge in [0, 0.05) is 17.7 Å². The molecule has 0 saturated heterocycles. The minimum atomic E-state index is -3.95. The molecule has 1 atom stereocenters. The van der Waals surface area contributed by atoms with E-state index in [1.54, 1.807) is 0 Å². The summed E-state index contributed by atoms with van der Waals surface area (Å²) in [6, 6.07) is 16.8. The van der Waals surface area contributed by atoms with Gasteiger partial charge in [-0.3, -0.25) is 9.52 Å². The topological polar surface area (TPSA) is 84.5 Å². The fraction of sp³-hybridized carbons (Fsp3) is 0.136. The summed E-state index contributed by atoms with van der Waals surface area (Å²) in [6.07, 6.45) is 0.597. The number of sulfonamides is 1. The molecule has 1 heterocycles. The molecular weight excluding hydrogens is 443 g/mol. The summed E-state index contributed by atoms with van der Waals surface area (Å²) >= 11 is 5.66. The van der Waals surface area contributed by atoms with Crippen LogP contribution in [0, 0.1) is 5.82 Å². The molecule has 4 rings (SSSR count). The number of carbonyl (C=O) groups excluding carboxylic acids is 1. The van der Waals surface area contributed by atoms with E-state index in [1.165, 1.54) is 24.3 Å². The van der Waals surface area contributed by atoms with Gasteiger partial charge in [0.15, 0.2) is 0 Å². The summed E-state index contributed by atoms with van der Waals surface area (Å²) in [6.45, 7) is 0.354. The number of amides is 1. The molecule has 1 unspecified atom stereocenters. The maximum absolute atomic E-state index is 13.3. The molecule has 6 nitrogen and oxygen atoms in total. The summed E-state index contributed by atoms with van der Waals surface area (Å²) < 4.78 is 46.3. The molecule has 1 amide bonds. The minimum absolute atomic E-state index is 0.130. The van der Waals surface area contributed by atoms with E-state index in [4.69, 9.17) is 16.3 Å². The molecule has 0 fully saturated rings. The summed E-state index contributed by atoms with van der Waals surface area (Å²) in [5.74, 6) is -0.164. The van der Waals surface area contributed by atoms with Crippen LogP contribution in [0.25, 0.3) is 0 Å². The highest BCUT2D eigenvalue weighted by atomic mass is 35.5. The van der Waals surface area contributed by atoms with Crippen molar-refractivity contribution >= 4 is 33.2 Å². The van der Waals surface area contributed by atoms with Gasteiger partial charge in [0.05, 0.1) is 16.5 Å². The number of fused-ring (bicyclic) bond motifs is 1. The molecule has 2 N–H and O–H groups in total. The van der Waals surface area contributed by atoms with Crippen LogP contribution in [0.3, 0.4) is 0 Å². The zero-order valence-electron chi connectivity index (χ0n) is 16.1. The molecule has 1 aliphatic heterocycles. The van der Waals surface area contributed by atoms with E-state index in [1.807, 2.05) is 24.3 Å². The first-order valence-electron chi connectivity index (χ1n) is 9.42. The van der Waals surface area contributed by atoms with Gasteiger partial charge in [0.25, 0.3) is 15.9 Å². The van der Waals surface area contributed by atoms with Crippen molar-refractivity contribution in [1.82, 2.24) is 5.32 Å². The summed E-state index contributed by atoms with van der Waals surface area (Å²) in [7, 11) is -3.95. The second-order valence-electron chi connectivity index (χ2n) is 7.02. The number of anilines is 1. The van der Waals surface area contributed by atoms with Crippen LogP contribution >= 0.6 is 11.6 Å². The first kappa shape index (κ1) is 21.1. The van der Waals surface area contributed by atoms with Gasteiger partial charge in [0.1, 0.15) is 17.7 Å². The highest BCUT2D eigenvalue weighted by Crippen LogP contribution is 2.28. The van der Waals surface area contributed by atoms with Gasteiger partial charge in [0.2, 0.25) is 0 Å². The van der Waals surface area contributed by atoms with Crippen molar-refractivity contribution in [3.05, 3.63) is 88.7 Å². The Kier molecular flexibility index (Phi) is 5.84. The SMILES string of the molecule is O=C(NCC1Cc2ccccc2O1)c1ccc(NS(=O)(=O)c2ccc(F)c(Cl)c2)cc1. The van der Waals surface area contributed by atoms with Crippen LogP contribution in [0.2, 0.25) is 5.02 Å². The van der Waals surface area contributed by atoms with Crippen molar-refractivity contribution in [2.45, 2.75) is 17.4 Å². The van der Waals surface area contributed by atoms with Gasteiger partial charge in [-0.2, -0.15) is 0 Å². The number of para-hydroxylation sites is 1. The summed E-state index contributed by atoms with van der Waals surface area (Å²) in [5.41, 5.74) is 1.75. The number of halogens is 2. The fourth-order valence-corrected chi connectivity index (χ4v) is 4.55. The second-order valence-corrected chi connectivity index (χ2v) is 9.11. The molecule has 3 aromatic carbocycles. The zero-order chi connectivity index (χ0) is 22.0. The molecule has 0 bridgehead atoms. The lowest BCUT2D eigenvalue weighted by atomic mass is 10.1. The lowest BCUT2D eigenvalue weighted by molar-refractivity contribution is 0.0933. The van der Waals surface area contributed by atoms with Crippen molar-refractivity contribution in [1.29, 1.82) is 0 Å². The molecular formula is C22H18ClFN2O4S. The highest BCUT2D eigenvalue weighted by molar-refractivity contribution is 7.92. The predicted octanol–water partition coefficient (Wildman–Crippen LogP) is 4.01. The van der Waals surface area contributed by atoms with Crippen LogP contribution in [-0.2, 0) is 16.4 Å². The van der Waals surface area contributed by atoms with Crippen LogP contribution in [0.1, 0.15) is 15.9 Å². The molecule has 3 aromatic rings. The average molecular weight is 461 g/mol. The van der Waals surface area contributed by atoms with E-state index < -0.39 is 15.8 Å². The Morgan fingerprint density at radius 3 is 2.55 bits per heavy atom. The summed E-state index contributed by atoms with van der Waals surface area (Å²) in [4.78, 5) is 12.2. The van der Waals surface area contributed by atoms with E-state index in [9.17, 15) is 17.6 Å². The Morgan fingerprint density at radius 2 is 1.84 bits per heavy atom. The Labute approximate surface area is 184 Å². The number of hydrogen-bond acceptors (Lipinski definition) is 4. The summed E-state index contributed by atoms with van der Waals surface area (Å²) in [5, 5.41) is 2.54. The average Bonchev–Trinajstić information content (AvgIpc) is 3.17. The van der Waals surface area contributed by atoms with Crippen LogP contribution in [0.5, 0.6) is 5.75 Å². The Morgan fingerprint density at radius 1 is 1.10 bits per heavy atom. The van der Waals surface area contributed by atoms with E-state index in [0.29, 0.717) is 12.1 Å². The van der Waals surface area contributed by atoms with Gasteiger partial charge in [-0.05, 0) is 54.1 Å². The van der Waals surface area contributed by atoms with Crippen LogP contribution < -0.4 is 14.8 Å². The quantitative estimate of drug-likeness (QED) is 0.582. The van der Waals surface area contributed by atoms with Crippen molar-refractivity contribution in [2.75, 3.05) is 11.3 Å². The van der Waals surface area contributed by atoms with E-state index in [2.05, 4.69) is 10.0 Å². The largest absolute Gasteiger partial charge is 0.488 e. The van der Waals surface area contributed by atoms with E-state index >= 15 is 0 Å². The first-order chi connectivity index (χ1) is 14.8. The van der Waals surface area contributed by atoms with Crippen molar-refractivity contribution in [3.8, 4) is 5.75 Å². The molecule has 0 saturated carbocycles. The molecule has 160 valence electrons. The van der Waals surface area contributed by atoms with Crippen molar-refractivity contribution in [3.63, 3.8) is 0 Å².